The molecule has 1 saturated heterocycles. The fourth-order valence-electron chi connectivity index (χ4n) is 8.16. The van der Waals surface area contributed by atoms with Gasteiger partial charge in [-0.15, -0.1) is 0 Å². The van der Waals surface area contributed by atoms with Crippen molar-refractivity contribution in [3.8, 4) is 0 Å². The van der Waals surface area contributed by atoms with Crippen LogP contribution in [0.5, 0.6) is 0 Å². The van der Waals surface area contributed by atoms with Crippen molar-refractivity contribution in [3.63, 3.8) is 0 Å². The van der Waals surface area contributed by atoms with Crippen molar-refractivity contribution >= 4 is 41.0 Å². The van der Waals surface area contributed by atoms with E-state index in [2.05, 4.69) is 25.9 Å². The van der Waals surface area contributed by atoms with Crippen molar-refractivity contribution in [3.05, 3.63) is 24.3 Å². The van der Waals surface area contributed by atoms with E-state index in [1.807, 2.05) is 6.92 Å². The Hall–Kier alpha value is -4.03. The molecule has 3 N–H and O–H groups in total. The molecule has 1 aromatic rings. The molecule has 4 amide bonds. The highest BCUT2D eigenvalue weighted by molar-refractivity contribution is 6.43. The molecule has 3 aliphatic carbocycles. The van der Waals surface area contributed by atoms with Gasteiger partial charge in [0, 0.05) is 25.0 Å². The van der Waals surface area contributed by atoms with Gasteiger partial charge in [0.25, 0.3) is 11.8 Å². The maximum absolute atomic E-state index is 14.6. The predicted octanol–water partition coefficient (Wildman–Crippen LogP) is 2.72. The van der Waals surface area contributed by atoms with Gasteiger partial charge in [-0.25, -0.2) is 4.98 Å². The number of ketones is 3. The van der Waals surface area contributed by atoms with Gasteiger partial charge in [0.1, 0.15) is 17.7 Å². The number of likely N-dealkylation sites (tertiary alicyclic amines) is 1. The number of amides is 4. The van der Waals surface area contributed by atoms with E-state index in [9.17, 15) is 33.6 Å². The largest absolute Gasteiger partial charge is 0.347 e. The van der Waals surface area contributed by atoms with Crippen molar-refractivity contribution in [2.24, 2.45) is 29.1 Å². The molecule has 6 atom stereocenters. The summed E-state index contributed by atoms with van der Waals surface area (Å²) < 4.78 is 0. The molecule has 1 aliphatic heterocycles. The van der Waals surface area contributed by atoms with Crippen molar-refractivity contribution in [2.45, 2.75) is 129 Å². The zero-order valence-corrected chi connectivity index (χ0v) is 29.7. The van der Waals surface area contributed by atoms with Crippen molar-refractivity contribution in [2.75, 3.05) is 6.54 Å². The highest BCUT2D eigenvalue weighted by Crippen LogP contribution is 2.44. The lowest BCUT2D eigenvalue weighted by atomic mass is 9.73. The molecule has 4 fully saturated rings. The standard InChI is InChI=1S/C37H52N6O7/c1-5-10-25(30(44)35(49)40-23-15-16-23)41-34(48)29-24-14-9-13-22(24)20-43(29)36(50)27(37(2,3)4)31(45)32(46)28(21-11-7-6-8-12-21)42-33(47)26-19-38-17-18-39-26/h17-19,21-25,27-29H,5-16,20H2,1-4H3,(H,40,49)(H,41,48)(H,42,47)/t22-,24-,25+,27+,28-,29?/m0/s1. The quantitative estimate of drug-likeness (QED) is 0.195. The minimum absolute atomic E-state index is 0.0133. The second kappa shape index (κ2) is 15.9. The third kappa shape index (κ3) is 8.46. The number of nitrogens with one attached hydrogen (secondary N) is 3. The number of fused-ring (bicyclic) bond motifs is 1. The van der Waals surface area contributed by atoms with Crippen LogP contribution in [0, 0.1) is 29.1 Å². The molecule has 1 unspecified atom stereocenters. The molecule has 0 radical (unpaired) electrons. The Morgan fingerprint density at radius 3 is 2.20 bits per heavy atom. The first kappa shape index (κ1) is 37.2. The zero-order chi connectivity index (χ0) is 36.2. The smallest absolute Gasteiger partial charge is 0.289 e. The monoisotopic (exact) mass is 692 g/mol. The number of rotatable bonds is 14. The maximum Gasteiger partial charge on any atom is 0.289 e. The van der Waals surface area contributed by atoms with Gasteiger partial charge in [-0.2, -0.15) is 0 Å². The van der Waals surface area contributed by atoms with Crippen molar-refractivity contribution < 1.29 is 33.6 Å². The molecule has 0 bridgehead atoms. The van der Waals surface area contributed by atoms with Crippen LogP contribution >= 0.6 is 0 Å². The van der Waals surface area contributed by atoms with E-state index < -0.39 is 70.4 Å². The van der Waals surface area contributed by atoms with Crippen LogP contribution in [0.3, 0.4) is 0 Å². The zero-order valence-electron chi connectivity index (χ0n) is 29.7. The van der Waals surface area contributed by atoms with Gasteiger partial charge in [0.05, 0.1) is 18.3 Å². The Kier molecular flexibility index (Phi) is 11.8. The summed E-state index contributed by atoms with van der Waals surface area (Å²) in [7, 11) is 0. The van der Waals surface area contributed by atoms with E-state index in [1.165, 1.54) is 23.5 Å². The topological polar surface area (TPSA) is 185 Å². The molecule has 4 aliphatic rings. The Bertz CT molecular complexity index is 1470. The summed E-state index contributed by atoms with van der Waals surface area (Å²) in [4.78, 5) is 106. The number of hydrogen-bond donors (Lipinski definition) is 3. The average Bonchev–Trinajstić information content (AvgIpc) is 3.66. The Morgan fingerprint density at radius 1 is 0.860 bits per heavy atom. The number of nitrogens with zero attached hydrogens (tertiary/aromatic N) is 3. The van der Waals surface area contributed by atoms with Gasteiger partial charge in [0.15, 0.2) is 0 Å². The number of hydrogen-bond acceptors (Lipinski definition) is 9. The van der Waals surface area contributed by atoms with Crippen LogP contribution in [0.25, 0.3) is 0 Å². The van der Waals surface area contributed by atoms with Gasteiger partial charge in [0.2, 0.25) is 29.2 Å². The minimum atomic E-state index is -1.42. The normalized spacial score (nSPS) is 24.0. The molecule has 13 heteroatoms. The van der Waals surface area contributed by atoms with Crippen LogP contribution in [0.15, 0.2) is 18.6 Å². The third-order valence-electron chi connectivity index (χ3n) is 10.9. The molecule has 2 heterocycles. The van der Waals surface area contributed by atoms with E-state index in [0.29, 0.717) is 25.7 Å². The highest BCUT2D eigenvalue weighted by Gasteiger charge is 2.54. The highest BCUT2D eigenvalue weighted by atomic mass is 16.2. The lowest BCUT2D eigenvalue weighted by Crippen LogP contribution is -2.58. The predicted molar refractivity (Wildman–Crippen MR) is 182 cm³/mol. The summed E-state index contributed by atoms with van der Waals surface area (Å²) in [6.07, 6.45) is 12.9. The molecule has 0 aromatic carbocycles. The first-order chi connectivity index (χ1) is 23.8. The molecule has 0 spiro atoms. The van der Waals surface area contributed by atoms with E-state index in [-0.39, 0.29) is 42.5 Å². The minimum Gasteiger partial charge on any atom is -0.347 e. The van der Waals surface area contributed by atoms with Crippen LogP contribution in [0.4, 0.5) is 0 Å². The second-order valence-corrected chi connectivity index (χ2v) is 15.7. The van der Waals surface area contributed by atoms with E-state index in [1.54, 1.807) is 20.8 Å². The SMILES string of the molecule is CCC[C@@H](NC(=O)C1[C@H]2CCC[C@H]2CN1C(=O)[C@@H](C(=O)C(=O)[C@@H](NC(=O)c1cnccn1)C1CCCCC1)C(C)(C)C)C(=O)C(=O)NC1CC1. The van der Waals surface area contributed by atoms with Crippen LogP contribution < -0.4 is 16.0 Å². The number of aromatic nitrogens is 2. The molecule has 50 heavy (non-hydrogen) atoms. The Morgan fingerprint density at radius 2 is 1.58 bits per heavy atom. The summed E-state index contributed by atoms with van der Waals surface area (Å²) in [5.74, 6) is -6.78. The molecule has 1 aromatic heterocycles. The van der Waals surface area contributed by atoms with Crippen LogP contribution in [-0.4, -0.2) is 86.6 Å². The second-order valence-electron chi connectivity index (χ2n) is 15.7. The van der Waals surface area contributed by atoms with E-state index >= 15 is 0 Å². The average molecular weight is 693 g/mol. The van der Waals surface area contributed by atoms with Gasteiger partial charge in [-0.1, -0.05) is 59.8 Å². The fraction of sp³-hybridized carbons (Fsp3) is 0.703. The summed E-state index contributed by atoms with van der Waals surface area (Å²) in [6.45, 7) is 7.26. The van der Waals surface area contributed by atoms with Gasteiger partial charge in [-0.3, -0.25) is 38.5 Å². The first-order valence-electron chi connectivity index (χ1n) is 18.4. The lowest BCUT2D eigenvalue weighted by Gasteiger charge is -2.36. The molecule has 5 rings (SSSR count). The van der Waals surface area contributed by atoms with Crippen LogP contribution in [-0.2, 0) is 28.8 Å². The maximum atomic E-state index is 14.6. The molecule has 13 nitrogen and oxygen atoms in total. The fourth-order valence-corrected chi connectivity index (χ4v) is 8.16. The summed E-state index contributed by atoms with van der Waals surface area (Å²) in [6, 6.07) is -3.15. The summed E-state index contributed by atoms with van der Waals surface area (Å²) in [5, 5.41) is 8.27. The lowest BCUT2D eigenvalue weighted by molar-refractivity contribution is -0.154. The van der Waals surface area contributed by atoms with E-state index in [0.717, 1.165) is 44.9 Å². The van der Waals surface area contributed by atoms with Gasteiger partial charge in [-0.05, 0) is 68.1 Å². The number of carbonyl (C=O) groups excluding carboxylic acids is 7. The summed E-state index contributed by atoms with van der Waals surface area (Å²) >= 11 is 0. The van der Waals surface area contributed by atoms with Gasteiger partial charge >= 0.3 is 0 Å². The van der Waals surface area contributed by atoms with Crippen molar-refractivity contribution in [1.29, 1.82) is 0 Å². The molecular weight excluding hydrogens is 640 g/mol. The molecule has 272 valence electrons. The van der Waals surface area contributed by atoms with Gasteiger partial charge < -0.3 is 20.9 Å². The molecule has 3 saturated carbocycles. The van der Waals surface area contributed by atoms with E-state index in [4.69, 9.17) is 0 Å². The summed E-state index contributed by atoms with van der Waals surface area (Å²) in [5.41, 5.74) is -0.990. The first-order valence-corrected chi connectivity index (χ1v) is 18.4. The molecular formula is C37H52N6O7. The van der Waals surface area contributed by atoms with Crippen LogP contribution in [0.2, 0.25) is 0 Å². The Balaban J connectivity index is 1.39. The van der Waals surface area contributed by atoms with Crippen molar-refractivity contribution in [1.82, 2.24) is 30.8 Å². The van der Waals surface area contributed by atoms with Crippen LogP contribution in [0.1, 0.15) is 115 Å². The number of Topliss-reactive ketones (excluding diaryl/α,β-unsaturated/α-hetero) is 3. The Labute approximate surface area is 293 Å². The number of carbonyl (C=O) groups is 7. The third-order valence-corrected chi connectivity index (χ3v) is 10.9.